The highest BCUT2D eigenvalue weighted by atomic mass is 16.3. The molecule has 1 heterocycles. The van der Waals surface area contributed by atoms with Crippen molar-refractivity contribution in [1.82, 2.24) is 10.2 Å². The molecular formula is C15H28N2O2. The van der Waals surface area contributed by atoms with Crippen LogP contribution in [-0.4, -0.2) is 48.2 Å². The Hall–Kier alpha value is -0.610. The lowest BCUT2D eigenvalue weighted by atomic mass is 9.99. The quantitative estimate of drug-likeness (QED) is 0.795. The number of amides is 1. The van der Waals surface area contributed by atoms with Crippen molar-refractivity contribution in [1.29, 1.82) is 0 Å². The van der Waals surface area contributed by atoms with Crippen molar-refractivity contribution in [3.63, 3.8) is 0 Å². The van der Waals surface area contributed by atoms with Crippen molar-refractivity contribution >= 4 is 5.91 Å². The topological polar surface area (TPSA) is 52.6 Å². The van der Waals surface area contributed by atoms with Crippen LogP contribution in [0, 0.1) is 5.92 Å². The molecule has 110 valence electrons. The molecule has 1 aliphatic carbocycles. The molecule has 0 aromatic rings. The Morgan fingerprint density at radius 1 is 1.26 bits per heavy atom. The third-order valence-corrected chi connectivity index (χ3v) is 4.62. The molecule has 0 bridgehead atoms. The number of rotatable bonds is 5. The van der Waals surface area contributed by atoms with Crippen LogP contribution in [0.15, 0.2) is 0 Å². The lowest BCUT2D eigenvalue weighted by Crippen LogP contribution is -2.46. The number of hydrogen-bond donors (Lipinski definition) is 2. The summed E-state index contributed by atoms with van der Waals surface area (Å²) in [5, 5.41) is 13.2. The van der Waals surface area contributed by atoms with Crippen LogP contribution in [0.2, 0.25) is 0 Å². The van der Waals surface area contributed by atoms with Crippen molar-refractivity contribution in [3.05, 3.63) is 0 Å². The smallest absolute Gasteiger partial charge is 0.237 e. The zero-order valence-corrected chi connectivity index (χ0v) is 12.1. The van der Waals surface area contributed by atoms with Gasteiger partial charge in [-0.1, -0.05) is 25.7 Å². The Morgan fingerprint density at radius 2 is 1.95 bits per heavy atom. The Bertz CT molecular complexity index is 290. The molecule has 2 atom stereocenters. The van der Waals surface area contributed by atoms with Gasteiger partial charge in [-0.05, 0) is 38.6 Å². The molecule has 0 radical (unpaired) electrons. The lowest BCUT2D eigenvalue weighted by Gasteiger charge is -2.28. The molecule has 2 N–H and O–H groups in total. The van der Waals surface area contributed by atoms with Crippen molar-refractivity contribution in [2.24, 2.45) is 5.92 Å². The van der Waals surface area contributed by atoms with Crippen LogP contribution in [-0.2, 0) is 4.79 Å². The highest BCUT2D eigenvalue weighted by molar-refractivity contribution is 5.81. The maximum absolute atomic E-state index is 11.9. The van der Waals surface area contributed by atoms with Gasteiger partial charge >= 0.3 is 0 Å². The molecule has 1 amide bonds. The molecule has 4 nitrogen and oxygen atoms in total. The molecule has 1 aliphatic heterocycles. The van der Waals surface area contributed by atoms with Gasteiger partial charge in [0.05, 0.1) is 12.1 Å². The first-order valence-electron chi connectivity index (χ1n) is 7.83. The standard InChI is InChI=1S/C15H28N2O2/c1-17(14-8-4-5-9-16-15(14)19)11-13(18)10-12-6-2-3-7-12/h12-14,18H,2-11H2,1H3,(H,16,19)/t13-,14+/m1/s1. The normalized spacial score (nSPS) is 27.3. The Balaban J connectivity index is 1.77. The van der Waals surface area contributed by atoms with E-state index in [1.807, 2.05) is 11.9 Å². The highest BCUT2D eigenvalue weighted by Gasteiger charge is 2.27. The molecular weight excluding hydrogens is 240 g/mol. The van der Waals surface area contributed by atoms with Gasteiger partial charge in [-0.3, -0.25) is 9.69 Å². The van der Waals surface area contributed by atoms with Gasteiger partial charge in [0.1, 0.15) is 0 Å². The van der Waals surface area contributed by atoms with Crippen LogP contribution in [0.25, 0.3) is 0 Å². The van der Waals surface area contributed by atoms with E-state index in [-0.39, 0.29) is 18.1 Å². The fourth-order valence-electron chi connectivity index (χ4n) is 3.51. The summed E-state index contributed by atoms with van der Waals surface area (Å²) in [4.78, 5) is 14.0. The molecule has 0 unspecified atom stereocenters. The average molecular weight is 268 g/mol. The molecule has 2 rings (SSSR count). The van der Waals surface area contributed by atoms with Crippen LogP contribution < -0.4 is 5.32 Å². The minimum atomic E-state index is -0.288. The maximum atomic E-state index is 11.9. The summed E-state index contributed by atoms with van der Waals surface area (Å²) in [7, 11) is 1.97. The summed E-state index contributed by atoms with van der Waals surface area (Å²) in [6, 6.07) is -0.0549. The van der Waals surface area contributed by atoms with E-state index >= 15 is 0 Å². The number of nitrogens with one attached hydrogen (secondary N) is 1. The van der Waals surface area contributed by atoms with Crippen molar-refractivity contribution < 1.29 is 9.90 Å². The summed E-state index contributed by atoms with van der Waals surface area (Å²) >= 11 is 0. The molecule has 0 aromatic heterocycles. The molecule has 1 saturated carbocycles. The number of hydrogen-bond acceptors (Lipinski definition) is 3. The maximum Gasteiger partial charge on any atom is 0.237 e. The van der Waals surface area contributed by atoms with Gasteiger partial charge in [0.2, 0.25) is 5.91 Å². The van der Waals surface area contributed by atoms with Gasteiger partial charge in [0, 0.05) is 13.1 Å². The molecule has 2 aliphatic rings. The molecule has 19 heavy (non-hydrogen) atoms. The Labute approximate surface area is 116 Å². The van der Waals surface area contributed by atoms with Gasteiger partial charge in [-0.2, -0.15) is 0 Å². The van der Waals surface area contributed by atoms with Crippen LogP contribution in [0.1, 0.15) is 51.4 Å². The number of likely N-dealkylation sites (N-methyl/N-ethyl adjacent to an activating group) is 1. The predicted molar refractivity (Wildman–Crippen MR) is 75.9 cm³/mol. The largest absolute Gasteiger partial charge is 0.392 e. The Morgan fingerprint density at radius 3 is 2.68 bits per heavy atom. The summed E-state index contributed by atoms with van der Waals surface area (Å²) < 4.78 is 0. The second-order valence-electron chi connectivity index (χ2n) is 6.28. The van der Waals surface area contributed by atoms with E-state index in [4.69, 9.17) is 0 Å². The van der Waals surface area contributed by atoms with Gasteiger partial charge in [-0.15, -0.1) is 0 Å². The molecule has 4 heteroatoms. The zero-order valence-electron chi connectivity index (χ0n) is 12.1. The van der Waals surface area contributed by atoms with Gasteiger partial charge in [-0.25, -0.2) is 0 Å². The molecule has 2 fully saturated rings. The molecule has 1 saturated heterocycles. The van der Waals surface area contributed by atoms with Crippen molar-refractivity contribution in [3.8, 4) is 0 Å². The first-order chi connectivity index (χ1) is 9.16. The number of aliphatic hydroxyl groups is 1. The number of nitrogens with zero attached hydrogens (tertiary/aromatic N) is 1. The summed E-state index contributed by atoms with van der Waals surface area (Å²) in [6.45, 7) is 1.42. The minimum absolute atomic E-state index is 0.0549. The van der Waals surface area contributed by atoms with Crippen LogP contribution >= 0.6 is 0 Å². The van der Waals surface area contributed by atoms with Crippen LogP contribution in [0.3, 0.4) is 0 Å². The van der Waals surface area contributed by atoms with Crippen molar-refractivity contribution in [2.45, 2.75) is 63.5 Å². The van der Waals surface area contributed by atoms with Crippen LogP contribution in [0.5, 0.6) is 0 Å². The second-order valence-corrected chi connectivity index (χ2v) is 6.28. The van der Waals surface area contributed by atoms with E-state index < -0.39 is 0 Å². The molecule has 0 aromatic carbocycles. The monoisotopic (exact) mass is 268 g/mol. The van der Waals surface area contributed by atoms with E-state index in [2.05, 4.69) is 5.32 Å². The summed E-state index contributed by atoms with van der Waals surface area (Å²) in [5.74, 6) is 0.833. The second kappa shape index (κ2) is 7.25. The lowest BCUT2D eigenvalue weighted by molar-refractivity contribution is -0.126. The first-order valence-corrected chi connectivity index (χ1v) is 7.83. The zero-order chi connectivity index (χ0) is 13.7. The van der Waals surface area contributed by atoms with E-state index in [1.54, 1.807) is 0 Å². The first kappa shape index (κ1) is 14.8. The van der Waals surface area contributed by atoms with E-state index in [9.17, 15) is 9.90 Å². The van der Waals surface area contributed by atoms with Crippen LogP contribution in [0.4, 0.5) is 0 Å². The third kappa shape index (κ3) is 4.46. The Kier molecular flexibility index (Phi) is 5.64. The van der Waals surface area contributed by atoms with Gasteiger partial charge in [0.15, 0.2) is 0 Å². The predicted octanol–water partition coefficient (Wildman–Crippen LogP) is 1.53. The molecule has 0 spiro atoms. The number of carbonyl (C=O) groups is 1. The van der Waals surface area contributed by atoms with E-state index in [0.717, 1.165) is 32.2 Å². The SMILES string of the molecule is CN(C[C@H](O)CC1CCCC1)[C@H]1CCCCNC1=O. The summed E-state index contributed by atoms with van der Waals surface area (Å²) in [5.41, 5.74) is 0. The fraction of sp³-hybridized carbons (Fsp3) is 0.933. The van der Waals surface area contributed by atoms with Crippen molar-refractivity contribution in [2.75, 3.05) is 20.1 Å². The fourth-order valence-corrected chi connectivity index (χ4v) is 3.51. The average Bonchev–Trinajstić information content (AvgIpc) is 2.76. The van der Waals surface area contributed by atoms with Gasteiger partial charge in [0.25, 0.3) is 0 Å². The highest BCUT2D eigenvalue weighted by Crippen LogP contribution is 2.28. The van der Waals surface area contributed by atoms with E-state index in [0.29, 0.717) is 12.5 Å². The third-order valence-electron chi connectivity index (χ3n) is 4.62. The number of aliphatic hydroxyl groups excluding tert-OH is 1. The van der Waals surface area contributed by atoms with E-state index in [1.165, 1.54) is 25.7 Å². The minimum Gasteiger partial charge on any atom is -0.392 e. The summed E-state index contributed by atoms with van der Waals surface area (Å²) in [6.07, 6.45) is 8.86. The number of carbonyl (C=O) groups excluding carboxylic acids is 1. The van der Waals surface area contributed by atoms with Gasteiger partial charge < -0.3 is 10.4 Å².